The van der Waals surface area contributed by atoms with E-state index < -0.39 is 11.7 Å². The van der Waals surface area contributed by atoms with Crippen LogP contribution < -0.4 is 0 Å². The van der Waals surface area contributed by atoms with Gasteiger partial charge in [0.05, 0.1) is 17.8 Å². The summed E-state index contributed by atoms with van der Waals surface area (Å²) in [5.41, 5.74) is 1.45. The predicted molar refractivity (Wildman–Crippen MR) is 106 cm³/mol. The summed E-state index contributed by atoms with van der Waals surface area (Å²) in [6.45, 7) is 0.221. The second-order valence-corrected chi connectivity index (χ2v) is 7.31. The lowest BCUT2D eigenvalue weighted by Gasteiger charge is -2.25. The van der Waals surface area contributed by atoms with Gasteiger partial charge in [0.1, 0.15) is 6.61 Å². The van der Waals surface area contributed by atoms with Crippen LogP contribution in [0.2, 0.25) is 5.02 Å². The molecular weight excluding hydrogens is 421 g/mol. The lowest BCUT2D eigenvalue weighted by molar-refractivity contribution is -0.138. The number of alkyl halides is 3. The van der Waals surface area contributed by atoms with Gasteiger partial charge in [0, 0.05) is 25.1 Å². The molecule has 0 aromatic heterocycles. The first-order valence-corrected chi connectivity index (χ1v) is 9.55. The van der Waals surface area contributed by atoms with Gasteiger partial charge in [-0.15, -0.1) is 0 Å². The third-order valence-corrected chi connectivity index (χ3v) is 4.86. The number of hydrogen-bond acceptors (Lipinski definition) is 4. The molecule has 0 N–H and O–H groups in total. The number of halogens is 4. The number of benzene rings is 2. The number of methoxy groups -OCH3 is 1. The highest BCUT2D eigenvalue weighted by Gasteiger charge is 2.30. The average Bonchev–Trinajstić information content (AvgIpc) is 3.16. The highest BCUT2D eigenvalue weighted by molar-refractivity contribution is 6.30. The number of nitrogens with zero attached hydrogens (tertiary/aromatic N) is 2. The van der Waals surface area contributed by atoms with Crippen molar-refractivity contribution in [1.29, 1.82) is 0 Å². The third kappa shape index (κ3) is 5.73. The number of carbonyl (C=O) groups is 1. The molecule has 0 aliphatic carbocycles. The van der Waals surface area contributed by atoms with E-state index in [0.29, 0.717) is 17.0 Å². The van der Waals surface area contributed by atoms with Crippen molar-refractivity contribution in [3.05, 3.63) is 70.2 Å². The third-order valence-electron chi connectivity index (χ3n) is 4.61. The van der Waals surface area contributed by atoms with Gasteiger partial charge in [-0.2, -0.15) is 13.2 Å². The number of hydrogen-bond donors (Lipinski definition) is 0. The molecule has 5 nitrogen and oxygen atoms in total. The Hall–Kier alpha value is -2.58. The zero-order valence-corrected chi connectivity index (χ0v) is 16.9. The van der Waals surface area contributed by atoms with Crippen molar-refractivity contribution in [3.63, 3.8) is 0 Å². The van der Waals surface area contributed by atoms with Crippen LogP contribution in [0.25, 0.3) is 0 Å². The Bertz CT molecular complexity index is 899. The van der Waals surface area contributed by atoms with Crippen molar-refractivity contribution >= 4 is 23.2 Å². The lowest BCUT2D eigenvalue weighted by Crippen LogP contribution is -2.39. The van der Waals surface area contributed by atoms with Crippen LogP contribution in [0.5, 0.6) is 0 Å². The lowest BCUT2D eigenvalue weighted by atomic mass is 10.0. The van der Waals surface area contributed by atoms with Crippen LogP contribution in [-0.2, 0) is 27.1 Å². The van der Waals surface area contributed by atoms with Crippen LogP contribution in [-0.4, -0.2) is 42.9 Å². The standard InChI is InChI=1S/C21H20ClF3N2O3/c1-29-13-20(28)27(11-14-2-6-16(7-3-14)21(23,24)25)12-18-10-19(26-30-18)15-4-8-17(22)9-5-15/h2-9,18H,10-13H2,1H3/t18-/m1/s1. The van der Waals surface area contributed by atoms with Gasteiger partial charge >= 0.3 is 6.18 Å². The number of amides is 1. The molecule has 1 aliphatic rings. The predicted octanol–water partition coefficient (Wildman–Crippen LogP) is 4.53. The van der Waals surface area contributed by atoms with E-state index in [4.69, 9.17) is 21.2 Å². The van der Waals surface area contributed by atoms with Gasteiger partial charge in [-0.05, 0) is 35.4 Å². The minimum Gasteiger partial charge on any atom is -0.390 e. The molecule has 1 amide bonds. The maximum atomic E-state index is 12.8. The topological polar surface area (TPSA) is 51.1 Å². The molecule has 0 spiro atoms. The van der Waals surface area contributed by atoms with Crippen molar-refractivity contribution in [1.82, 2.24) is 4.90 Å². The summed E-state index contributed by atoms with van der Waals surface area (Å²) in [6.07, 6.45) is -4.28. The Morgan fingerprint density at radius 3 is 2.47 bits per heavy atom. The molecule has 2 aromatic rings. The molecule has 2 aromatic carbocycles. The molecule has 0 saturated heterocycles. The Balaban J connectivity index is 1.66. The zero-order chi connectivity index (χ0) is 21.7. The van der Waals surface area contributed by atoms with E-state index in [2.05, 4.69) is 5.16 Å². The molecule has 0 unspecified atom stereocenters. The highest BCUT2D eigenvalue weighted by Crippen LogP contribution is 2.29. The number of oxime groups is 1. The normalized spacial score (nSPS) is 16.2. The average molecular weight is 441 g/mol. The van der Waals surface area contributed by atoms with Crippen LogP contribution in [0.15, 0.2) is 53.7 Å². The number of carbonyl (C=O) groups excluding carboxylic acids is 1. The van der Waals surface area contributed by atoms with Crippen LogP contribution in [0.1, 0.15) is 23.1 Å². The fourth-order valence-electron chi connectivity index (χ4n) is 3.07. The molecule has 160 valence electrons. The first-order valence-electron chi connectivity index (χ1n) is 9.17. The maximum Gasteiger partial charge on any atom is 0.416 e. The quantitative estimate of drug-likeness (QED) is 0.635. The minimum absolute atomic E-state index is 0.135. The SMILES string of the molecule is COCC(=O)N(Cc1ccc(C(F)(F)F)cc1)C[C@H]1CC(c2ccc(Cl)cc2)=NO1. The van der Waals surface area contributed by atoms with E-state index in [-0.39, 0.29) is 31.7 Å². The molecule has 0 fully saturated rings. The van der Waals surface area contributed by atoms with Crippen molar-refractivity contribution in [2.75, 3.05) is 20.3 Å². The summed E-state index contributed by atoms with van der Waals surface area (Å²) in [5, 5.41) is 4.71. The van der Waals surface area contributed by atoms with Gasteiger partial charge in [-0.3, -0.25) is 4.79 Å². The summed E-state index contributed by atoms with van der Waals surface area (Å²) in [6, 6.07) is 11.9. The van der Waals surface area contributed by atoms with E-state index >= 15 is 0 Å². The minimum atomic E-state index is -4.41. The van der Waals surface area contributed by atoms with E-state index in [1.54, 1.807) is 12.1 Å². The molecule has 0 radical (unpaired) electrons. The van der Waals surface area contributed by atoms with Gasteiger partial charge in [0.25, 0.3) is 0 Å². The molecular formula is C21H20ClF3N2O3. The Labute approximate surface area is 177 Å². The molecule has 1 atom stereocenters. The zero-order valence-electron chi connectivity index (χ0n) is 16.2. The van der Waals surface area contributed by atoms with E-state index in [1.165, 1.54) is 24.1 Å². The summed E-state index contributed by atoms with van der Waals surface area (Å²) in [7, 11) is 1.40. The Morgan fingerprint density at radius 2 is 1.87 bits per heavy atom. The summed E-state index contributed by atoms with van der Waals surface area (Å²) < 4.78 is 43.2. The molecule has 30 heavy (non-hydrogen) atoms. The number of ether oxygens (including phenoxy) is 1. The smallest absolute Gasteiger partial charge is 0.390 e. The maximum absolute atomic E-state index is 12.8. The monoisotopic (exact) mass is 440 g/mol. The van der Waals surface area contributed by atoms with Gasteiger partial charge < -0.3 is 14.5 Å². The molecule has 0 bridgehead atoms. The molecule has 1 heterocycles. The summed E-state index contributed by atoms with van der Waals surface area (Å²) in [4.78, 5) is 19.4. The van der Waals surface area contributed by atoms with Gasteiger partial charge in [-0.1, -0.05) is 41.0 Å². The van der Waals surface area contributed by atoms with Crippen LogP contribution in [0.3, 0.4) is 0 Å². The van der Waals surface area contributed by atoms with E-state index in [9.17, 15) is 18.0 Å². The summed E-state index contributed by atoms with van der Waals surface area (Å²) >= 11 is 5.90. The molecule has 1 aliphatic heterocycles. The van der Waals surface area contributed by atoms with E-state index in [1.807, 2.05) is 12.1 Å². The van der Waals surface area contributed by atoms with E-state index in [0.717, 1.165) is 23.4 Å². The second kappa shape index (κ2) is 9.49. The van der Waals surface area contributed by atoms with Gasteiger partial charge in [0.15, 0.2) is 6.10 Å². The Morgan fingerprint density at radius 1 is 1.20 bits per heavy atom. The highest BCUT2D eigenvalue weighted by atomic mass is 35.5. The second-order valence-electron chi connectivity index (χ2n) is 6.88. The van der Waals surface area contributed by atoms with Crippen molar-refractivity contribution in [3.8, 4) is 0 Å². The van der Waals surface area contributed by atoms with Crippen molar-refractivity contribution < 1.29 is 27.5 Å². The molecule has 0 saturated carbocycles. The fourth-order valence-corrected chi connectivity index (χ4v) is 3.20. The van der Waals surface area contributed by atoms with Crippen LogP contribution in [0.4, 0.5) is 13.2 Å². The van der Waals surface area contributed by atoms with Crippen molar-refractivity contribution in [2.24, 2.45) is 5.16 Å². The largest absolute Gasteiger partial charge is 0.416 e. The fraction of sp³-hybridized carbons (Fsp3) is 0.333. The first-order chi connectivity index (χ1) is 14.3. The Kier molecular flexibility index (Phi) is 6.99. The number of rotatable bonds is 7. The van der Waals surface area contributed by atoms with Crippen molar-refractivity contribution in [2.45, 2.75) is 25.2 Å². The van der Waals surface area contributed by atoms with Gasteiger partial charge in [0.2, 0.25) is 5.91 Å². The molecule has 3 rings (SSSR count). The van der Waals surface area contributed by atoms with Gasteiger partial charge in [-0.25, -0.2) is 0 Å². The van der Waals surface area contributed by atoms with Crippen LogP contribution in [0, 0.1) is 0 Å². The summed E-state index contributed by atoms with van der Waals surface area (Å²) in [5.74, 6) is -0.291. The molecule has 9 heteroatoms. The first kappa shape index (κ1) is 22.1. The van der Waals surface area contributed by atoms with Crippen LogP contribution >= 0.6 is 11.6 Å².